The van der Waals surface area contributed by atoms with Gasteiger partial charge >= 0.3 is 12.1 Å². The first-order valence-electron chi connectivity index (χ1n) is 5.54. The van der Waals surface area contributed by atoms with Gasteiger partial charge in [0, 0.05) is 17.4 Å². The third-order valence-corrected chi connectivity index (χ3v) is 2.41. The van der Waals surface area contributed by atoms with E-state index in [-0.39, 0.29) is 11.3 Å². The van der Waals surface area contributed by atoms with Gasteiger partial charge in [-0.1, -0.05) is 0 Å². The van der Waals surface area contributed by atoms with Gasteiger partial charge in [-0.3, -0.25) is 0 Å². The summed E-state index contributed by atoms with van der Waals surface area (Å²) in [7, 11) is 1.20. The first-order valence-corrected chi connectivity index (χ1v) is 5.54. The minimum atomic E-state index is -4.24. The second-order valence-corrected chi connectivity index (χ2v) is 4.16. The Morgan fingerprint density at radius 3 is 2.63 bits per heavy atom. The van der Waals surface area contributed by atoms with E-state index in [9.17, 15) is 18.0 Å². The molecule has 0 heterocycles. The summed E-state index contributed by atoms with van der Waals surface area (Å²) in [5.74, 6) is -0.635. The first-order chi connectivity index (χ1) is 8.73. The Morgan fingerprint density at radius 2 is 2.11 bits per heavy atom. The smallest absolute Gasteiger partial charge is 0.391 e. The normalized spacial score (nSPS) is 12.9. The summed E-state index contributed by atoms with van der Waals surface area (Å²) < 4.78 is 41.1. The van der Waals surface area contributed by atoms with Crippen molar-refractivity contribution in [2.75, 3.05) is 18.2 Å². The number of nitrogen functional groups attached to an aromatic ring is 1. The zero-order chi connectivity index (χ0) is 14.6. The highest BCUT2D eigenvalue weighted by molar-refractivity contribution is 5.96. The molecule has 1 unspecified atom stereocenters. The van der Waals surface area contributed by atoms with Gasteiger partial charge in [-0.25, -0.2) is 4.79 Å². The molecule has 0 aliphatic rings. The van der Waals surface area contributed by atoms with E-state index in [1.54, 1.807) is 0 Å². The number of hydrogen-bond donors (Lipinski definition) is 2. The molecule has 0 fully saturated rings. The molecule has 7 heteroatoms. The number of rotatable bonds is 4. The lowest BCUT2D eigenvalue weighted by atomic mass is 10.1. The highest BCUT2D eigenvalue weighted by Crippen LogP contribution is 2.24. The highest BCUT2D eigenvalue weighted by Gasteiger charge is 2.30. The number of halogens is 3. The Morgan fingerprint density at radius 1 is 1.47 bits per heavy atom. The van der Waals surface area contributed by atoms with Crippen LogP contribution >= 0.6 is 0 Å². The van der Waals surface area contributed by atoms with E-state index in [0.717, 1.165) is 0 Å². The van der Waals surface area contributed by atoms with E-state index in [1.807, 2.05) is 0 Å². The molecule has 0 aliphatic carbocycles. The summed E-state index contributed by atoms with van der Waals surface area (Å²) in [6.45, 7) is 1.40. The standard InChI is InChI=1S/C12H15F3N2O2/c1-7(6-12(13,14)15)17-8-3-4-10(16)9(5-8)11(18)19-2/h3-5,7,17H,6,16H2,1-2H3. The summed E-state index contributed by atoms with van der Waals surface area (Å²) >= 11 is 0. The number of benzene rings is 1. The van der Waals surface area contributed by atoms with Crippen LogP contribution in [0.4, 0.5) is 24.5 Å². The third-order valence-electron chi connectivity index (χ3n) is 2.41. The van der Waals surface area contributed by atoms with Crippen molar-refractivity contribution in [2.24, 2.45) is 0 Å². The number of ether oxygens (including phenoxy) is 1. The number of nitrogens with two attached hydrogens (primary N) is 1. The lowest BCUT2D eigenvalue weighted by Gasteiger charge is -2.17. The molecule has 1 rings (SSSR count). The fourth-order valence-corrected chi connectivity index (χ4v) is 1.62. The first kappa shape index (κ1) is 15.1. The number of alkyl halides is 3. The van der Waals surface area contributed by atoms with Crippen LogP contribution in [0.25, 0.3) is 0 Å². The lowest BCUT2D eigenvalue weighted by molar-refractivity contribution is -0.136. The molecule has 0 bridgehead atoms. The van der Waals surface area contributed by atoms with E-state index in [0.29, 0.717) is 5.69 Å². The summed E-state index contributed by atoms with van der Waals surface area (Å²) in [6.07, 6.45) is -5.21. The molecular formula is C12H15F3N2O2. The van der Waals surface area contributed by atoms with E-state index in [1.165, 1.54) is 32.2 Å². The number of carbonyl (C=O) groups is 1. The third kappa shape index (κ3) is 4.69. The van der Waals surface area contributed by atoms with Crippen molar-refractivity contribution in [1.82, 2.24) is 0 Å². The van der Waals surface area contributed by atoms with Crippen molar-refractivity contribution in [3.8, 4) is 0 Å². The molecule has 1 atom stereocenters. The zero-order valence-corrected chi connectivity index (χ0v) is 10.5. The van der Waals surface area contributed by atoms with Gasteiger partial charge in [0.2, 0.25) is 0 Å². The largest absolute Gasteiger partial charge is 0.465 e. The molecule has 3 N–H and O–H groups in total. The van der Waals surface area contributed by atoms with Gasteiger partial charge in [0.1, 0.15) is 0 Å². The minimum absolute atomic E-state index is 0.117. The van der Waals surface area contributed by atoms with Crippen molar-refractivity contribution in [3.05, 3.63) is 23.8 Å². The van der Waals surface area contributed by atoms with Gasteiger partial charge in [0.05, 0.1) is 19.1 Å². The molecule has 106 valence electrons. The van der Waals surface area contributed by atoms with E-state index >= 15 is 0 Å². The predicted octanol–water partition coefficient (Wildman–Crippen LogP) is 2.81. The minimum Gasteiger partial charge on any atom is -0.465 e. The van der Waals surface area contributed by atoms with Crippen molar-refractivity contribution >= 4 is 17.3 Å². The van der Waals surface area contributed by atoms with Crippen LogP contribution in [0, 0.1) is 0 Å². The van der Waals surface area contributed by atoms with Gasteiger partial charge in [-0.15, -0.1) is 0 Å². The number of nitrogens with one attached hydrogen (secondary N) is 1. The van der Waals surface area contributed by atoms with E-state index in [4.69, 9.17) is 5.73 Å². The SMILES string of the molecule is COC(=O)c1cc(NC(C)CC(F)(F)F)ccc1N. The Labute approximate surface area is 108 Å². The van der Waals surface area contributed by atoms with Crippen LogP contribution in [0.1, 0.15) is 23.7 Å². The van der Waals surface area contributed by atoms with Crippen LogP contribution in [0.3, 0.4) is 0 Å². The van der Waals surface area contributed by atoms with Crippen LogP contribution in [0.2, 0.25) is 0 Å². The predicted molar refractivity (Wildman–Crippen MR) is 66.0 cm³/mol. The average Bonchev–Trinajstić information content (AvgIpc) is 2.28. The molecule has 19 heavy (non-hydrogen) atoms. The molecule has 0 amide bonds. The molecule has 4 nitrogen and oxygen atoms in total. The van der Waals surface area contributed by atoms with Crippen molar-refractivity contribution in [1.29, 1.82) is 0 Å². The maximum Gasteiger partial charge on any atom is 0.391 e. The number of hydrogen-bond acceptors (Lipinski definition) is 4. The zero-order valence-electron chi connectivity index (χ0n) is 10.5. The summed E-state index contributed by atoms with van der Waals surface area (Å²) in [5, 5.41) is 2.66. The quantitative estimate of drug-likeness (QED) is 0.655. The summed E-state index contributed by atoms with van der Waals surface area (Å²) in [4.78, 5) is 11.4. The molecule has 0 saturated carbocycles. The maximum absolute atomic E-state index is 12.2. The molecule has 1 aromatic carbocycles. The second kappa shape index (κ2) is 5.81. The van der Waals surface area contributed by atoms with Crippen LogP contribution in [0.15, 0.2) is 18.2 Å². The second-order valence-electron chi connectivity index (χ2n) is 4.16. The maximum atomic E-state index is 12.2. The van der Waals surface area contributed by atoms with Crippen LogP contribution in [-0.4, -0.2) is 25.3 Å². The average molecular weight is 276 g/mol. The molecule has 0 spiro atoms. The topological polar surface area (TPSA) is 64.3 Å². The monoisotopic (exact) mass is 276 g/mol. The molecule has 0 saturated heterocycles. The number of anilines is 2. The fraction of sp³-hybridized carbons (Fsp3) is 0.417. The van der Waals surface area contributed by atoms with Crippen molar-refractivity contribution in [2.45, 2.75) is 25.6 Å². The molecule has 0 radical (unpaired) electrons. The fourth-order valence-electron chi connectivity index (χ4n) is 1.62. The van der Waals surface area contributed by atoms with E-state index < -0.39 is 24.6 Å². The molecule has 0 aromatic heterocycles. The van der Waals surface area contributed by atoms with Gasteiger partial charge in [0.15, 0.2) is 0 Å². The van der Waals surface area contributed by atoms with Gasteiger partial charge < -0.3 is 15.8 Å². The van der Waals surface area contributed by atoms with Gasteiger partial charge in [-0.05, 0) is 25.1 Å². The molecule has 0 aliphatic heterocycles. The van der Waals surface area contributed by atoms with Crippen molar-refractivity contribution < 1.29 is 22.7 Å². The molecular weight excluding hydrogens is 261 g/mol. The van der Waals surface area contributed by atoms with Gasteiger partial charge in [0.25, 0.3) is 0 Å². The van der Waals surface area contributed by atoms with E-state index in [2.05, 4.69) is 10.1 Å². The lowest BCUT2D eigenvalue weighted by Crippen LogP contribution is -2.24. The number of esters is 1. The Bertz CT molecular complexity index is 461. The van der Waals surface area contributed by atoms with Crippen LogP contribution < -0.4 is 11.1 Å². The molecule has 1 aromatic rings. The van der Waals surface area contributed by atoms with Crippen LogP contribution in [0.5, 0.6) is 0 Å². The van der Waals surface area contributed by atoms with Crippen LogP contribution in [-0.2, 0) is 4.74 Å². The Kier molecular flexibility index (Phi) is 4.63. The van der Waals surface area contributed by atoms with Crippen molar-refractivity contribution in [3.63, 3.8) is 0 Å². The number of carbonyl (C=O) groups excluding carboxylic acids is 1. The Hall–Kier alpha value is -1.92. The summed E-state index contributed by atoms with van der Waals surface area (Å²) in [5.41, 5.74) is 6.30. The highest BCUT2D eigenvalue weighted by atomic mass is 19.4. The van der Waals surface area contributed by atoms with Gasteiger partial charge in [-0.2, -0.15) is 13.2 Å². The Balaban J connectivity index is 2.83. The summed E-state index contributed by atoms with van der Waals surface area (Å²) in [6, 6.07) is 3.51. The number of methoxy groups -OCH3 is 1.